The van der Waals surface area contributed by atoms with Gasteiger partial charge in [-0.2, -0.15) is 0 Å². The van der Waals surface area contributed by atoms with Gasteiger partial charge in [0, 0.05) is 6.04 Å². The molecule has 0 saturated heterocycles. The van der Waals surface area contributed by atoms with Crippen LogP contribution in [0.15, 0.2) is 12.7 Å². The van der Waals surface area contributed by atoms with E-state index in [1.807, 2.05) is 0 Å². The molecule has 0 aliphatic heterocycles. The molecule has 0 saturated carbocycles. The molecule has 0 aromatic heterocycles. The van der Waals surface area contributed by atoms with Gasteiger partial charge in [0.05, 0.1) is 0 Å². The van der Waals surface area contributed by atoms with E-state index in [4.69, 9.17) is 0 Å². The first-order chi connectivity index (χ1) is 6.76. The van der Waals surface area contributed by atoms with Crippen molar-refractivity contribution in [3.63, 3.8) is 0 Å². The standard InChI is InChI=1S/C13H27N/c1-5-8-9-11-13(10-6-2)14(4)12-7-3/h6,13H,2,5,7-12H2,1,3-4H3. The second kappa shape index (κ2) is 9.26. The maximum absolute atomic E-state index is 3.84. The molecule has 1 unspecified atom stereocenters. The van der Waals surface area contributed by atoms with Crippen molar-refractivity contribution < 1.29 is 0 Å². The lowest BCUT2D eigenvalue weighted by Crippen LogP contribution is -2.31. The molecule has 0 aliphatic rings. The fourth-order valence-corrected chi connectivity index (χ4v) is 1.88. The van der Waals surface area contributed by atoms with Gasteiger partial charge in [-0.05, 0) is 32.9 Å². The molecular formula is C13H27N. The molecule has 0 heterocycles. The quantitative estimate of drug-likeness (QED) is 0.401. The molecule has 0 bridgehead atoms. The van der Waals surface area contributed by atoms with E-state index in [0.717, 1.165) is 12.5 Å². The van der Waals surface area contributed by atoms with Crippen LogP contribution in [0.3, 0.4) is 0 Å². The van der Waals surface area contributed by atoms with E-state index in [1.54, 1.807) is 0 Å². The SMILES string of the molecule is C=CCC(CCCCC)N(C)CCC. The Labute approximate surface area is 90.2 Å². The van der Waals surface area contributed by atoms with Crippen LogP contribution in [0.2, 0.25) is 0 Å². The zero-order chi connectivity index (χ0) is 10.8. The lowest BCUT2D eigenvalue weighted by atomic mass is 10.0. The van der Waals surface area contributed by atoms with Crippen LogP contribution in [-0.2, 0) is 0 Å². The van der Waals surface area contributed by atoms with E-state index >= 15 is 0 Å². The number of hydrogen-bond donors (Lipinski definition) is 0. The summed E-state index contributed by atoms with van der Waals surface area (Å²) < 4.78 is 0. The Balaban J connectivity index is 3.80. The highest BCUT2D eigenvalue weighted by Crippen LogP contribution is 2.12. The Morgan fingerprint density at radius 2 is 1.93 bits per heavy atom. The summed E-state index contributed by atoms with van der Waals surface area (Å²) in [7, 11) is 2.24. The van der Waals surface area contributed by atoms with Gasteiger partial charge in [-0.15, -0.1) is 6.58 Å². The van der Waals surface area contributed by atoms with Crippen molar-refractivity contribution in [1.82, 2.24) is 4.90 Å². The third-order valence-electron chi connectivity index (χ3n) is 2.78. The van der Waals surface area contributed by atoms with Gasteiger partial charge in [0.1, 0.15) is 0 Å². The van der Waals surface area contributed by atoms with E-state index < -0.39 is 0 Å². The van der Waals surface area contributed by atoms with Crippen molar-refractivity contribution in [3.05, 3.63) is 12.7 Å². The highest BCUT2D eigenvalue weighted by Gasteiger charge is 2.11. The molecule has 0 fully saturated rings. The first-order valence-electron chi connectivity index (χ1n) is 6.07. The lowest BCUT2D eigenvalue weighted by molar-refractivity contribution is 0.227. The molecule has 84 valence electrons. The van der Waals surface area contributed by atoms with Gasteiger partial charge >= 0.3 is 0 Å². The van der Waals surface area contributed by atoms with Crippen molar-refractivity contribution in [2.24, 2.45) is 0 Å². The highest BCUT2D eigenvalue weighted by molar-refractivity contribution is 4.78. The van der Waals surface area contributed by atoms with E-state index in [2.05, 4.69) is 38.5 Å². The van der Waals surface area contributed by atoms with Gasteiger partial charge in [-0.25, -0.2) is 0 Å². The maximum atomic E-state index is 3.84. The highest BCUT2D eigenvalue weighted by atomic mass is 15.1. The summed E-state index contributed by atoms with van der Waals surface area (Å²) in [5, 5.41) is 0. The van der Waals surface area contributed by atoms with Gasteiger partial charge < -0.3 is 4.90 Å². The predicted octanol–water partition coefficient (Wildman–Crippen LogP) is 3.85. The number of rotatable bonds is 9. The molecule has 14 heavy (non-hydrogen) atoms. The third kappa shape index (κ3) is 6.20. The third-order valence-corrected chi connectivity index (χ3v) is 2.78. The van der Waals surface area contributed by atoms with E-state index in [9.17, 15) is 0 Å². The summed E-state index contributed by atoms with van der Waals surface area (Å²) in [5.74, 6) is 0. The molecule has 1 nitrogen and oxygen atoms in total. The van der Waals surface area contributed by atoms with Crippen molar-refractivity contribution in [2.75, 3.05) is 13.6 Å². The zero-order valence-electron chi connectivity index (χ0n) is 10.3. The van der Waals surface area contributed by atoms with Gasteiger partial charge in [-0.3, -0.25) is 0 Å². The van der Waals surface area contributed by atoms with Crippen molar-refractivity contribution in [2.45, 2.75) is 58.4 Å². The van der Waals surface area contributed by atoms with Crippen molar-refractivity contribution >= 4 is 0 Å². The predicted molar refractivity (Wildman–Crippen MR) is 65.7 cm³/mol. The minimum atomic E-state index is 0.721. The molecule has 0 spiro atoms. The smallest absolute Gasteiger partial charge is 0.0127 e. The minimum absolute atomic E-state index is 0.721. The number of nitrogens with zero attached hydrogens (tertiary/aromatic N) is 1. The van der Waals surface area contributed by atoms with Gasteiger partial charge in [-0.1, -0.05) is 39.2 Å². The number of unbranched alkanes of at least 4 members (excludes halogenated alkanes) is 2. The lowest BCUT2D eigenvalue weighted by Gasteiger charge is -2.26. The molecule has 0 N–H and O–H groups in total. The van der Waals surface area contributed by atoms with E-state index in [0.29, 0.717) is 0 Å². The normalized spacial score (nSPS) is 13.1. The molecule has 1 atom stereocenters. The van der Waals surface area contributed by atoms with E-state index in [-0.39, 0.29) is 0 Å². The summed E-state index contributed by atoms with van der Waals surface area (Å²) >= 11 is 0. The monoisotopic (exact) mass is 197 g/mol. The fourth-order valence-electron chi connectivity index (χ4n) is 1.88. The molecule has 0 amide bonds. The van der Waals surface area contributed by atoms with Crippen LogP contribution in [0, 0.1) is 0 Å². The van der Waals surface area contributed by atoms with Gasteiger partial charge in [0.2, 0.25) is 0 Å². The molecule has 0 rings (SSSR count). The molecule has 0 aliphatic carbocycles. The average molecular weight is 197 g/mol. The first-order valence-corrected chi connectivity index (χ1v) is 6.07. The molecule has 0 aromatic carbocycles. The second-order valence-corrected chi connectivity index (χ2v) is 4.15. The average Bonchev–Trinajstić information content (AvgIpc) is 2.17. The molecule has 1 heteroatoms. The van der Waals surface area contributed by atoms with Gasteiger partial charge in [0.25, 0.3) is 0 Å². The topological polar surface area (TPSA) is 3.24 Å². The fraction of sp³-hybridized carbons (Fsp3) is 0.846. The Morgan fingerprint density at radius 3 is 2.43 bits per heavy atom. The van der Waals surface area contributed by atoms with Crippen LogP contribution < -0.4 is 0 Å². The van der Waals surface area contributed by atoms with Crippen LogP contribution in [0.4, 0.5) is 0 Å². The first kappa shape index (κ1) is 13.7. The summed E-state index contributed by atoms with van der Waals surface area (Å²) in [5.41, 5.74) is 0. The number of hydrogen-bond acceptors (Lipinski definition) is 1. The molecular weight excluding hydrogens is 170 g/mol. The zero-order valence-corrected chi connectivity index (χ0v) is 10.3. The van der Waals surface area contributed by atoms with Crippen LogP contribution >= 0.6 is 0 Å². The van der Waals surface area contributed by atoms with E-state index in [1.165, 1.54) is 38.6 Å². The Bertz CT molecular complexity index is 131. The van der Waals surface area contributed by atoms with Crippen LogP contribution in [-0.4, -0.2) is 24.5 Å². The molecule has 0 aromatic rings. The van der Waals surface area contributed by atoms with Crippen LogP contribution in [0.1, 0.15) is 52.4 Å². The Kier molecular flexibility index (Phi) is 9.06. The largest absolute Gasteiger partial charge is 0.303 e. The maximum Gasteiger partial charge on any atom is 0.0127 e. The minimum Gasteiger partial charge on any atom is -0.303 e. The Hall–Kier alpha value is -0.300. The summed E-state index contributed by atoms with van der Waals surface area (Å²) in [4.78, 5) is 2.48. The van der Waals surface area contributed by atoms with Crippen molar-refractivity contribution in [1.29, 1.82) is 0 Å². The van der Waals surface area contributed by atoms with Crippen LogP contribution in [0.25, 0.3) is 0 Å². The summed E-state index contributed by atoms with van der Waals surface area (Å²) in [6.07, 6.45) is 9.83. The van der Waals surface area contributed by atoms with Gasteiger partial charge in [0.15, 0.2) is 0 Å². The Morgan fingerprint density at radius 1 is 1.21 bits per heavy atom. The summed E-state index contributed by atoms with van der Waals surface area (Å²) in [6, 6.07) is 0.721. The second-order valence-electron chi connectivity index (χ2n) is 4.15. The van der Waals surface area contributed by atoms with Crippen molar-refractivity contribution in [3.8, 4) is 0 Å². The summed E-state index contributed by atoms with van der Waals surface area (Å²) in [6.45, 7) is 9.56. The van der Waals surface area contributed by atoms with Crippen LogP contribution in [0.5, 0.6) is 0 Å². The molecule has 0 radical (unpaired) electrons.